The number of nitrogens with two attached hydrogens (primary N) is 1. The highest BCUT2D eigenvalue weighted by Crippen LogP contribution is 2.27. The Bertz CT molecular complexity index is 530. The average Bonchev–Trinajstić information content (AvgIpc) is 2.34. The van der Waals surface area contributed by atoms with Gasteiger partial charge in [-0.1, -0.05) is 0 Å². The zero-order chi connectivity index (χ0) is 15.4. The highest BCUT2D eigenvalue weighted by atomic mass is 32.2. The minimum absolute atomic E-state index is 0.0439. The van der Waals surface area contributed by atoms with Crippen LogP contribution in [0.2, 0.25) is 0 Å². The molecule has 1 heterocycles. The first-order chi connectivity index (χ1) is 9.16. The smallest absolute Gasteiger partial charge is 0.330 e. The molecule has 0 aliphatic rings. The lowest BCUT2D eigenvalue weighted by Gasteiger charge is -2.17. The van der Waals surface area contributed by atoms with E-state index in [1.807, 2.05) is 0 Å². The summed E-state index contributed by atoms with van der Waals surface area (Å²) in [6.07, 6.45) is -3.27. The minimum Gasteiger partial charge on any atom is -0.330 e. The third-order valence-corrected chi connectivity index (χ3v) is 3.89. The van der Waals surface area contributed by atoms with Gasteiger partial charge in [-0.25, -0.2) is 4.98 Å². The van der Waals surface area contributed by atoms with Crippen molar-refractivity contribution in [2.24, 2.45) is 5.73 Å². The molecule has 0 fully saturated rings. The van der Waals surface area contributed by atoms with Gasteiger partial charge in [0.2, 0.25) is 0 Å². The van der Waals surface area contributed by atoms with Gasteiger partial charge in [0.05, 0.1) is 11.9 Å². The fourth-order valence-electron chi connectivity index (χ4n) is 1.28. The van der Waals surface area contributed by atoms with Crippen molar-refractivity contribution in [2.45, 2.75) is 12.6 Å². The Labute approximate surface area is 115 Å². The molecule has 0 saturated heterocycles. The van der Waals surface area contributed by atoms with E-state index in [1.165, 1.54) is 7.05 Å². The molecule has 10 heteroatoms. The van der Waals surface area contributed by atoms with Gasteiger partial charge in [-0.15, -0.1) is 0 Å². The van der Waals surface area contributed by atoms with Crippen molar-refractivity contribution in [1.82, 2.24) is 9.29 Å². The molecular weight excluding hydrogens is 297 g/mol. The van der Waals surface area contributed by atoms with E-state index in [0.717, 1.165) is 16.6 Å². The zero-order valence-electron chi connectivity index (χ0n) is 10.7. The quantitative estimate of drug-likeness (QED) is 0.821. The van der Waals surface area contributed by atoms with Gasteiger partial charge in [0.25, 0.3) is 0 Å². The lowest BCUT2D eigenvalue weighted by atomic mass is 10.3. The first kappa shape index (κ1) is 16.7. The number of rotatable bonds is 6. The molecular formula is C10H15F3N4O2S. The molecule has 114 valence electrons. The Morgan fingerprint density at radius 1 is 1.40 bits per heavy atom. The van der Waals surface area contributed by atoms with Gasteiger partial charge in [-0.3, -0.25) is 4.72 Å². The summed E-state index contributed by atoms with van der Waals surface area (Å²) in [7, 11) is -2.48. The van der Waals surface area contributed by atoms with Crippen molar-refractivity contribution in [3.8, 4) is 0 Å². The van der Waals surface area contributed by atoms with Gasteiger partial charge < -0.3 is 5.73 Å². The van der Waals surface area contributed by atoms with Gasteiger partial charge >= 0.3 is 16.4 Å². The van der Waals surface area contributed by atoms with E-state index >= 15 is 0 Å². The standard InChI is InChI=1S/C10H15F3N4O2S/c1-17(6-2-5-14)20(18,19)16-8-3-4-9(15-7-8)10(11,12)13/h3-4,7,16H,2,5-6,14H2,1H3. The number of hydrogen-bond donors (Lipinski definition) is 2. The first-order valence-corrected chi connectivity index (χ1v) is 7.08. The molecule has 0 spiro atoms. The highest BCUT2D eigenvalue weighted by molar-refractivity contribution is 7.90. The molecule has 0 aliphatic carbocycles. The summed E-state index contributed by atoms with van der Waals surface area (Å²) in [4.78, 5) is 3.17. The molecule has 6 nitrogen and oxygen atoms in total. The number of aromatic nitrogens is 1. The van der Waals surface area contributed by atoms with Crippen molar-refractivity contribution in [2.75, 3.05) is 24.9 Å². The van der Waals surface area contributed by atoms with Crippen LogP contribution in [0, 0.1) is 0 Å². The largest absolute Gasteiger partial charge is 0.433 e. The van der Waals surface area contributed by atoms with E-state index in [0.29, 0.717) is 19.0 Å². The van der Waals surface area contributed by atoms with E-state index in [9.17, 15) is 21.6 Å². The molecule has 20 heavy (non-hydrogen) atoms. The van der Waals surface area contributed by atoms with Crippen molar-refractivity contribution >= 4 is 15.9 Å². The SMILES string of the molecule is CN(CCCN)S(=O)(=O)Nc1ccc(C(F)(F)F)nc1. The number of hydrogen-bond acceptors (Lipinski definition) is 4. The predicted molar refractivity (Wildman–Crippen MR) is 68.1 cm³/mol. The molecule has 0 bridgehead atoms. The Balaban J connectivity index is 2.78. The van der Waals surface area contributed by atoms with Gasteiger partial charge in [0.15, 0.2) is 0 Å². The van der Waals surface area contributed by atoms with E-state index in [2.05, 4.69) is 9.71 Å². The van der Waals surface area contributed by atoms with E-state index < -0.39 is 22.1 Å². The van der Waals surface area contributed by atoms with Gasteiger partial charge in [0.1, 0.15) is 5.69 Å². The topological polar surface area (TPSA) is 88.3 Å². The summed E-state index contributed by atoms with van der Waals surface area (Å²) in [5.41, 5.74) is 4.14. The Hall–Kier alpha value is -1.39. The Kier molecular flexibility index (Phi) is 5.31. The molecule has 0 amide bonds. The summed E-state index contributed by atoms with van der Waals surface area (Å²) in [5, 5.41) is 0. The van der Waals surface area contributed by atoms with E-state index in [-0.39, 0.29) is 12.2 Å². The first-order valence-electron chi connectivity index (χ1n) is 5.64. The second-order valence-corrected chi connectivity index (χ2v) is 5.78. The number of nitrogens with zero attached hydrogens (tertiary/aromatic N) is 2. The minimum atomic E-state index is -4.56. The summed E-state index contributed by atoms with van der Waals surface area (Å²) < 4.78 is 63.7. The van der Waals surface area contributed by atoms with Crippen molar-refractivity contribution < 1.29 is 21.6 Å². The van der Waals surface area contributed by atoms with Crippen LogP contribution in [0.15, 0.2) is 18.3 Å². The maximum Gasteiger partial charge on any atom is 0.433 e. The molecule has 0 unspecified atom stereocenters. The number of alkyl halides is 3. The normalized spacial score (nSPS) is 12.7. The van der Waals surface area contributed by atoms with Crippen LogP contribution in [-0.2, 0) is 16.4 Å². The maximum absolute atomic E-state index is 12.3. The summed E-state index contributed by atoms with van der Waals surface area (Å²) in [5.74, 6) is 0. The average molecular weight is 312 g/mol. The van der Waals surface area contributed by atoms with Crippen LogP contribution in [0.3, 0.4) is 0 Å². The molecule has 3 N–H and O–H groups in total. The third kappa shape index (κ3) is 4.62. The number of halogens is 3. The maximum atomic E-state index is 12.3. The van der Waals surface area contributed by atoms with E-state index in [4.69, 9.17) is 5.73 Å². The summed E-state index contributed by atoms with van der Waals surface area (Å²) in [6, 6.07) is 1.71. The van der Waals surface area contributed by atoms with Gasteiger partial charge in [0, 0.05) is 13.6 Å². The predicted octanol–water partition coefficient (Wildman–Crippen LogP) is 1.04. The number of nitrogens with one attached hydrogen (secondary N) is 1. The highest BCUT2D eigenvalue weighted by Gasteiger charge is 2.32. The number of pyridine rings is 1. The molecule has 0 aromatic carbocycles. The lowest BCUT2D eigenvalue weighted by molar-refractivity contribution is -0.141. The Morgan fingerprint density at radius 3 is 2.50 bits per heavy atom. The second-order valence-electron chi connectivity index (χ2n) is 4.00. The molecule has 0 saturated carbocycles. The molecule has 0 atom stereocenters. The fourth-order valence-corrected chi connectivity index (χ4v) is 2.23. The third-order valence-electron chi connectivity index (χ3n) is 2.39. The van der Waals surface area contributed by atoms with Crippen LogP contribution in [0.4, 0.5) is 18.9 Å². The van der Waals surface area contributed by atoms with Crippen LogP contribution in [-0.4, -0.2) is 37.8 Å². The van der Waals surface area contributed by atoms with Gasteiger partial charge in [-0.05, 0) is 25.1 Å². The van der Waals surface area contributed by atoms with Crippen molar-refractivity contribution in [1.29, 1.82) is 0 Å². The molecule has 1 rings (SSSR count). The molecule has 0 aliphatic heterocycles. The van der Waals surface area contributed by atoms with Crippen LogP contribution in [0.5, 0.6) is 0 Å². The van der Waals surface area contributed by atoms with Gasteiger partial charge in [-0.2, -0.15) is 25.9 Å². The molecule has 0 radical (unpaired) electrons. The summed E-state index contributed by atoms with van der Waals surface area (Å²) in [6.45, 7) is 0.543. The molecule has 1 aromatic rings. The van der Waals surface area contributed by atoms with Crippen LogP contribution in [0.25, 0.3) is 0 Å². The zero-order valence-corrected chi connectivity index (χ0v) is 11.5. The van der Waals surface area contributed by atoms with Crippen LogP contribution < -0.4 is 10.5 Å². The van der Waals surface area contributed by atoms with Crippen LogP contribution in [0.1, 0.15) is 12.1 Å². The summed E-state index contributed by atoms with van der Waals surface area (Å²) >= 11 is 0. The second kappa shape index (κ2) is 6.37. The number of anilines is 1. The monoisotopic (exact) mass is 312 g/mol. The Morgan fingerprint density at radius 2 is 2.05 bits per heavy atom. The fraction of sp³-hybridized carbons (Fsp3) is 0.500. The van der Waals surface area contributed by atoms with Crippen LogP contribution >= 0.6 is 0 Å². The van der Waals surface area contributed by atoms with E-state index in [1.54, 1.807) is 0 Å². The van der Waals surface area contributed by atoms with Crippen molar-refractivity contribution in [3.05, 3.63) is 24.0 Å². The molecule has 1 aromatic heterocycles. The van der Waals surface area contributed by atoms with Crippen molar-refractivity contribution in [3.63, 3.8) is 0 Å². The lowest BCUT2D eigenvalue weighted by Crippen LogP contribution is -2.34.